The number of carbonyl (C=O) groups is 1. The summed E-state index contributed by atoms with van der Waals surface area (Å²) in [5, 5.41) is 29.2. The average molecular weight is 182 g/mol. The second-order valence-corrected chi connectivity index (χ2v) is 1.94. The van der Waals surface area contributed by atoms with Gasteiger partial charge in [-0.2, -0.15) is 5.53 Å². The van der Waals surface area contributed by atoms with Gasteiger partial charge in [-0.25, -0.2) is 4.79 Å². The van der Waals surface area contributed by atoms with Crippen LogP contribution in [0, 0.1) is 0 Å². The standard InChI is InChI=1S/C3H2N8O2/c12-3(13)11-2(6-9-10-11)1-4-7-8-5-1/h(H,6,10)(H,12,13). The molecule has 1 amide bonds. The first-order chi connectivity index (χ1) is 6.29. The van der Waals surface area contributed by atoms with Gasteiger partial charge in [-0.15, -0.1) is 20.4 Å². The summed E-state index contributed by atoms with van der Waals surface area (Å²) in [5.41, 5.74) is 2.11. The highest BCUT2D eigenvalue weighted by molar-refractivity contribution is 5.67. The molecule has 10 heteroatoms. The van der Waals surface area contributed by atoms with Crippen LogP contribution in [0.5, 0.6) is 0 Å². The molecule has 0 saturated carbocycles. The van der Waals surface area contributed by atoms with E-state index in [1.165, 1.54) is 0 Å². The van der Waals surface area contributed by atoms with Gasteiger partial charge in [-0.3, -0.25) is 0 Å². The van der Waals surface area contributed by atoms with Gasteiger partial charge in [-0.05, 0) is 10.4 Å². The fourth-order valence-corrected chi connectivity index (χ4v) is 0.719. The minimum atomic E-state index is -1.27. The molecular weight excluding hydrogens is 180 g/mol. The van der Waals surface area contributed by atoms with Crippen LogP contribution in [0.4, 0.5) is 4.79 Å². The van der Waals surface area contributed by atoms with Crippen LogP contribution >= 0.6 is 0 Å². The Morgan fingerprint density at radius 2 is 2.00 bits per heavy atom. The maximum Gasteiger partial charge on any atom is 0.433 e. The number of rotatable bonds is 0. The van der Waals surface area contributed by atoms with Crippen molar-refractivity contribution in [2.75, 3.05) is 0 Å². The van der Waals surface area contributed by atoms with Crippen LogP contribution in [-0.4, -0.2) is 16.2 Å². The molecule has 0 fully saturated rings. The van der Waals surface area contributed by atoms with E-state index < -0.39 is 6.09 Å². The number of nitrogens with one attached hydrogen (secondary N) is 1. The molecule has 0 radical (unpaired) electrons. The van der Waals surface area contributed by atoms with Crippen LogP contribution in [0.3, 0.4) is 0 Å². The zero-order valence-electron chi connectivity index (χ0n) is 5.99. The van der Waals surface area contributed by atoms with E-state index >= 15 is 0 Å². The molecule has 0 saturated heterocycles. The van der Waals surface area contributed by atoms with Crippen molar-refractivity contribution in [3.8, 4) is 0 Å². The Kier molecular flexibility index (Phi) is 1.44. The molecule has 10 nitrogen and oxygen atoms in total. The van der Waals surface area contributed by atoms with Crippen molar-refractivity contribution in [1.82, 2.24) is 10.5 Å². The number of nitrogens with zero attached hydrogens (tertiary/aromatic N) is 7. The van der Waals surface area contributed by atoms with Crippen LogP contribution in [0.1, 0.15) is 0 Å². The Morgan fingerprint density at radius 1 is 1.31 bits per heavy atom. The van der Waals surface area contributed by atoms with Gasteiger partial charge < -0.3 is 5.11 Å². The topological polar surface area (TPSA) is 127 Å². The third kappa shape index (κ3) is 1.09. The lowest BCUT2D eigenvalue weighted by atomic mass is 10.6. The molecule has 0 aromatic carbocycles. The number of hydrogen-bond acceptors (Lipinski definition) is 8. The van der Waals surface area contributed by atoms with Crippen molar-refractivity contribution < 1.29 is 9.90 Å². The van der Waals surface area contributed by atoms with Gasteiger partial charge in [0, 0.05) is 0 Å². The number of hydrazine groups is 1. The first kappa shape index (κ1) is 7.27. The Morgan fingerprint density at radius 3 is 2.62 bits per heavy atom. The maximum absolute atomic E-state index is 10.5. The molecule has 0 atom stereocenters. The fourth-order valence-electron chi connectivity index (χ4n) is 0.719. The Bertz CT molecular complexity index is 352. The van der Waals surface area contributed by atoms with Crippen LogP contribution in [0.25, 0.3) is 0 Å². The highest BCUT2D eigenvalue weighted by Crippen LogP contribution is 2.20. The predicted molar refractivity (Wildman–Crippen MR) is 34.6 cm³/mol. The van der Waals surface area contributed by atoms with Crippen LogP contribution in [-0.2, 0) is 0 Å². The zero-order chi connectivity index (χ0) is 9.26. The average Bonchev–Trinajstić information content (AvgIpc) is 2.74. The molecule has 66 valence electrons. The van der Waals surface area contributed by atoms with E-state index in [9.17, 15) is 4.79 Å². The van der Waals surface area contributed by atoms with E-state index in [0.717, 1.165) is 0 Å². The molecule has 0 aromatic heterocycles. The SMILES string of the molecule is O=C(O)N1NN=NC1=C1N=NN=N1. The molecule has 0 aliphatic carbocycles. The van der Waals surface area contributed by atoms with Gasteiger partial charge in [0.15, 0.2) is 0 Å². The van der Waals surface area contributed by atoms with Gasteiger partial charge in [0.05, 0.1) is 0 Å². The molecule has 2 aliphatic rings. The summed E-state index contributed by atoms with van der Waals surface area (Å²) in [6.45, 7) is 0. The van der Waals surface area contributed by atoms with Crippen molar-refractivity contribution in [2.45, 2.75) is 0 Å². The van der Waals surface area contributed by atoms with Crippen molar-refractivity contribution >= 4 is 6.09 Å². The third-order valence-corrected chi connectivity index (χ3v) is 1.21. The van der Waals surface area contributed by atoms with Gasteiger partial charge in [0.2, 0.25) is 11.6 Å². The third-order valence-electron chi connectivity index (χ3n) is 1.21. The molecule has 2 aliphatic heterocycles. The van der Waals surface area contributed by atoms with E-state index in [1.54, 1.807) is 0 Å². The monoisotopic (exact) mass is 182 g/mol. The normalized spacial score (nSPS) is 18.6. The second kappa shape index (κ2) is 2.58. The lowest BCUT2D eigenvalue weighted by Gasteiger charge is -2.08. The highest BCUT2D eigenvalue weighted by Gasteiger charge is 2.26. The smallest absolute Gasteiger partial charge is 0.433 e. The first-order valence-electron chi connectivity index (χ1n) is 3.04. The van der Waals surface area contributed by atoms with E-state index in [0.29, 0.717) is 5.01 Å². The predicted octanol–water partition coefficient (Wildman–Crippen LogP) is 0.811. The quantitative estimate of drug-likeness (QED) is 0.575. The van der Waals surface area contributed by atoms with E-state index in [4.69, 9.17) is 5.11 Å². The van der Waals surface area contributed by atoms with Gasteiger partial charge in [0.1, 0.15) is 0 Å². The van der Waals surface area contributed by atoms with Crippen molar-refractivity contribution in [3.05, 3.63) is 11.6 Å². The molecular formula is C3H2N8O2. The molecule has 13 heavy (non-hydrogen) atoms. The summed E-state index contributed by atoms with van der Waals surface area (Å²) < 4.78 is 0. The van der Waals surface area contributed by atoms with Crippen molar-refractivity contribution in [2.24, 2.45) is 31.0 Å². The highest BCUT2D eigenvalue weighted by atomic mass is 16.4. The summed E-state index contributed by atoms with van der Waals surface area (Å²) in [5.74, 6) is -0.0614. The Balaban J connectivity index is 2.37. The summed E-state index contributed by atoms with van der Waals surface area (Å²) in [6.07, 6.45) is -1.27. The van der Waals surface area contributed by atoms with E-state index in [2.05, 4.69) is 36.5 Å². The van der Waals surface area contributed by atoms with E-state index in [1.807, 2.05) is 0 Å². The molecule has 0 bridgehead atoms. The molecule has 0 unspecified atom stereocenters. The largest absolute Gasteiger partial charge is 0.463 e. The molecule has 0 aromatic rings. The second-order valence-electron chi connectivity index (χ2n) is 1.94. The van der Waals surface area contributed by atoms with Crippen molar-refractivity contribution in [3.63, 3.8) is 0 Å². The van der Waals surface area contributed by atoms with Gasteiger partial charge >= 0.3 is 6.09 Å². The summed E-state index contributed by atoms with van der Waals surface area (Å²) in [6, 6.07) is 0. The summed E-state index contributed by atoms with van der Waals surface area (Å²) >= 11 is 0. The molecule has 0 spiro atoms. The number of carboxylic acid groups (broad SMARTS) is 1. The first-order valence-corrected chi connectivity index (χ1v) is 3.04. The lowest BCUT2D eigenvalue weighted by Crippen LogP contribution is -2.34. The zero-order valence-corrected chi connectivity index (χ0v) is 5.99. The van der Waals surface area contributed by atoms with E-state index in [-0.39, 0.29) is 11.6 Å². The number of hydrogen-bond donors (Lipinski definition) is 2. The van der Waals surface area contributed by atoms with Crippen LogP contribution in [0.15, 0.2) is 42.7 Å². The van der Waals surface area contributed by atoms with Gasteiger partial charge in [0.25, 0.3) is 0 Å². The molecule has 2 N–H and O–H groups in total. The maximum atomic E-state index is 10.5. The number of amides is 1. The molecule has 2 heterocycles. The molecule has 2 rings (SSSR count). The summed E-state index contributed by atoms with van der Waals surface area (Å²) in [7, 11) is 0. The minimum absolute atomic E-state index is 0.00356. The Labute approximate surface area is 70.3 Å². The minimum Gasteiger partial charge on any atom is -0.463 e. The van der Waals surface area contributed by atoms with Crippen LogP contribution in [0.2, 0.25) is 0 Å². The lowest BCUT2D eigenvalue weighted by molar-refractivity contribution is 0.145. The van der Waals surface area contributed by atoms with Crippen LogP contribution < -0.4 is 5.53 Å². The Hall–Kier alpha value is -2.39. The fraction of sp³-hybridized carbons (Fsp3) is 0. The summed E-state index contributed by atoms with van der Waals surface area (Å²) in [4.78, 5) is 10.5. The van der Waals surface area contributed by atoms with Gasteiger partial charge in [-0.1, -0.05) is 5.22 Å². The van der Waals surface area contributed by atoms with Crippen molar-refractivity contribution in [1.29, 1.82) is 0 Å².